The molecule has 0 aromatic carbocycles. The molecule has 336 valence electrons. The predicted molar refractivity (Wildman–Crippen MR) is 197 cm³/mol. The molecule has 1 fully saturated rings. The zero-order chi connectivity index (χ0) is 45.1. The Morgan fingerprint density at radius 2 is 1.73 bits per heavy atom. The molecule has 31 heteroatoms. The first kappa shape index (κ1) is 52.5. The number of carboxylic acid groups (broad SMARTS) is 1. The number of thioether (sulfide) groups is 1. The van der Waals surface area contributed by atoms with Gasteiger partial charge in [-0.05, 0) is 12.7 Å². The molecule has 0 spiro atoms. The van der Waals surface area contributed by atoms with Crippen molar-refractivity contribution in [1.82, 2.24) is 30.2 Å². The minimum atomic E-state index is -5.92. The lowest BCUT2D eigenvalue weighted by Crippen LogP contribution is -2.46. The highest BCUT2D eigenvalue weighted by atomic mass is 32.2. The Labute approximate surface area is 346 Å². The molecule has 0 radical (unpaired) electrons. The van der Waals surface area contributed by atoms with Crippen LogP contribution in [-0.4, -0.2) is 115 Å². The summed E-state index contributed by atoms with van der Waals surface area (Å²) in [7, 11) is -17.6. The molecule has 0 saturated carbocycles. The zero-order valence-electron chi connectivity index (χ0n) is 31.9. The Balaban J connectivity index is 0.00000157. The van der Waals surface area contributed by atoms with E-state index in [-0.39, 0.29) is 41.6 Å². The van der Waals surface area contributed by atoms with Crippen molar-refractivity contribution >= 4 is 87.7 Å². The van der Waals surface area contributed by atoms with E-state index in [4.69, 9.17) is 10.5 Å². The van der Waals surface area contributed by atoms with E-state index in [1.165, 1.54) is 27.7 Å². The number of thiol groups is 1. The van der Waals surface area contributed by atoms with Crippen LogP contribution in [0.25, 0.3) is 11.2 Å². The maximum Gasteiger partial charge on any atom is 0.274 e. The van der Waals surface area contributed by atoms with Crippen molar-refractivity contribution in [2.75, 3.05) is 43.5 Å². The number of carboxylic acids is 1. The van der Waals surface area contributed by atoms with Gasteiger partial charge in [-0.15, -0.1) is 0 Å². The molecule has 3 rings (SSSR count). The predicted octanol–water partition coefficient (Wildman–Crippen LogP) is -4.37. The zero-order valence-corrected chi connectivity index (χ0v) is 36.3. The highest BCUT2D eigenvalue weighted by Crippen LogP contribution is 2.56. The van der Waals surface area contributed by atoms with Gasteiger partial charge in [0.25, 0.3) is 15.6 Å². The van der Waals surface area contributed by atoms with Gasteiger partial charge < -0.3 is 78.9 Å². The van der Waals surface area contributed by atoms with Gasteiger partial charge in [-0.3, -0.25) is 28.1 Å². The summed E-state index contributed by atoms with van der Waals surface area (Å²) < 4.78 is 60.8. The third-order valence-corrected chi connectivity index (χ3v) is 12.3. The third kappa shape index (κ3) is 16.3. The van der Waals surface area contributed by atoms with E-state index in [1.54, 1.807) is 6.92 Å². The number of rotatable bonds is 21. The number of nitrogen functional groups attached to an aromatic ring is 1. The van der Waals surface area contributed by atoms with E-state index >= 15 is 0 Å². The van der Waals surface area contributed by atoms with E-state index in [0.29, 0.717) is 11.5 Å². The fourth-order valence-corrected chi connectivity index (χ4v) is 8.06. The fraction of sp³-hybridized carbons (Fsp3) is 0.679. The van der Waals surface area contributed by atoms with E-state index < -0.39 is 95.9 Å². The number of carbonyl (C=O) groups excluding carboxylic acids is 4. The number of fused-ring (bicyclic) bond motifs is 1. The topological polar surface area (TPSA) is 415 Å². The fourth-order valence-electron chi connectivity index (χ4n) is 4.69. The van der Waals surface area contributed by atoms with Crippen LogP contribution in [0.15, 0.2) is 12.7 Å². The van der Waals surface area contributed by atoms with Crippen LogP contribution >= 0.6 is 47.9 Å². The molecule has 0 aliphatic carbocycles. The monoisotopic (exact) mass is 938 g/mol. The third-order valence-electron chi connectivity index (χ3n) is 7.94. The van der Waals surface area contributed by atoms with Crippen molar-refractivity contribution in [3.63, 3.8) is 0 Å². The molecule has 59 heavy (non-hydrogen) atoms. The van der Waals surface area contributed by atoms with Crippen molar-refractivity contribution in [1.29, 1.82) is 0 Å². The molecule has 7 unspecified atom stereocenters. The molecular formula is C28H43N7O19P3S2-5. The first-order valence-corrected chi connectivity index (χ1v) is 22.9. The Hall–Kier alpha value is -2.62. The van der Waals surface area contributed by atoms with Crippen LogP contribution in [-0.2, 0) is 61.2 Å². The smallest absolute Gasteiger partial charge is 0.274 e. The van der Waals surface area contributed by atoms with Crippen molar-refractivity contribution in [3.05, 3.63) is 12.7 Å². The second kappa shape index (κ2) is 21.9. The van der Waals surface area contributed by atoms with E-state index in [9.17, 15) is 67.8 Å². The quantitative estimate of drug-likeness (QED) is 0.0391. The average Bonchev–Trinajstić information content (AvgIpc) is 3.67. The summed E-state index contributed by atoms with van der Waals surface area (Å²) in [5.74, 6) is -2.31. The number of phosphoric ester groups is 3. The summed E-state index contributed by atoms with van der Waals surface area (Å²) in [5, 5.41) is 35.9. The lowest BCUT2D eigenvalue weighted by molar-refractivity contribution is -0.347. The van der Waals surface area contributed by atoms with E-state index in [2.05, 4.69) is 56.1 Å². The first-order chi connectivity index (χ1) is 27.1. The Morgan fingerprint density at radius 3 is 2.29 bits per heavy atom. The molecule has 2 aromatic rings. The van der Waals surface area contributed by atoms with Crippen LogP contribution in [0.2, 0.25) is 0 Å². The van der Waals surface area contributed by atoms with Crippen molar-refractivity contribution in [2.24, 2.45) is 11.3 Å². The summed E-state index contributed by atoms with van der Waals surface area (Å²) in [6, 6.07) is 0. The van der Waals surface area contributed by atoms with Crippen LogP contribution < -0.4 is 41.0 Å². The second-order valence-corrected chi connectivity index (χ2v) is 19.0. The molecule has 1 saturated heterocycles. The number of nitrogens with two attached hydrogens (primary N) is 1. The number of nitrogens with zero attached hydrogens (tertiary/aromatic N) is 4. The molecule has 26 nitrogen and oxygen atoms in total. The summed E-state index contributed by atoms with van der Waals surface area (Å²) in [4.78, 5) is 105. The number of aliphatic hydroxyl groups excluding tert-OH is 2. The number of aliphatic carboxylic acids is 1. The van der Waals surface area contributed by atoms with Crippen LogP contribution in [0.1, 0.15) is 41.0 Å². The van der Waals surface area contributed by atoms with Gasteiger partial charge in [-0.25, -0.2) is 19.3 Å². The lowest BCUT2D eigenvalue weighted by atomic mass is 9.87. The molecule has 0 bridgehead atoms. The SMILES string of the molecule is CC(=O)SCCNC(=O)CCNC(=O)C(O)C(C)(C)COP(=O)([O-])OP(=O)([O-])OCC1OC(C)(n2cnc3c(N)ncnc32)C(O)C1OP(=O)([O-])[O-].C[C@@H](CS)C(=O)[O-]. The molecule has 3 heterocycles. The standard InChI is InChI=1S/C24H40N7O17P3S.C4H8O2S/c1-13(32)52-8-7-26-15(33)5-6-27-22(36)19(35)23(2,3)10-45-51(42,43)48-50(40,41)44-9-14-17(47-49(37,38)39)18(34)24(4,46-14)31-12-30-16-20(25)28-11-29-21(16)31;1-3(2-7)4(5)6/h11-12,14,17-19,34-35H,5-10H2,1-4H3,(H,26,33)(H,27,36)(H,40,41)(H,42,43)(H2,25,28,29)(H2,37,38,39);3,7H,2H2,1H3,(H,5,6)/p-5/t;3-/m.0/s1. The second-order valence-electron chi connectivity index (χ2n) is 13.3. The molecule has 8 atom stereocenters. The molecule has 6 N–H and O–H groups in total. The Kier molecular flexibility index (Phi) is 19.5. The van der Waals surface area contributed by atoms with Gasteiger partial charge in [0.2, 0.25) is 11.8 Å². The number of carbonyl (C=O) groups is 4. The summed E-state index contributed by atoms with van der Waals surface area (Å²) in [5.41, 5.74) is 2.02. The highest BCUT2D eigenvalue weighted by Gasteiger charge is 2.55. The van der Waals surface area contributed by atoms with Gasteiger partial charge in [-0.2, -0.15) is 12.6 Å². The van der Waals surface area contributed by atoms with Crippen molar-refractivity contribution in [3.8, 4) is 0 Å². The highest BCUT2D eigenvalue weighted by molar-refractivity contribution is 8.13. The van der Waals surface area contributed by atoms with Gasteiger partial charge in [0.1, 0.15) is 36.3 Å². The number of aromatic nitrogens is 4. The average molecular weight is 939 g/mol. The number of anilines is 1. The van der Waals surface area contributed by atoms with Gasteiger partial charge >= 0.3 is 0 Å². The number of ether oxygens (including phenoxy) is 1. The molecular weight excluding hydrogens is 895 g/mol. The maximum atomic E-state index is 12.5. The minimum Gasteiger partial charge on any atom is -0.790 e. The molecule has 2 amide bonds. The molecule has 1 aliphatic heterocycles. The number of aliphatic hydroxyl groups is 2. The summed E-state index contributed by atoms with van der Waals surface area (Å²) in [6.07, 6.45) is -6.05. The van der Waals surface area contributed by atoms with Crippen molar-refractivity contribution < 1.29 is 90.4 Å². The maximum absolute atomic E-state index is 12.5. The number of hydrogen-bond donors (Lipinski definition) is 6. The van der Waals surface area contributed by atoms with Gasteiger partial charge in [0.15, 0.2) is 22.3 Å². The number of nitrogens with one attached hydrogen (secondary N) is 2. The largest absolute Gasteiger partial charge is 0.790 e. The van der Waals surface area contributed by atoms with Crippen LogP contribution in [0, 0.1) is 11.3 Å². The normalized spacial score (nSPS) is 22.6. The van der Waals surface area contributed by atoms with Crippen molar-refractivity contribution in [2.45, 2.75) is 71.2 Å². The summed E-state index contributed by atoms with van der Waals surface area (Å²) >= 11 is 4.75. The first-order valence-electron chi connectivity index (χ1n) is 16.9. The summed E-state index contributed by atoms with van der Waals surface area (Å²) in [6.45, 7) is 4.21. The molecule has 1 aliphatic rings. The van der Waals surface area contributed by atoms with Gasteiger partial charge in [-0.1, -0.05) is 32.5 Å². The minimum absolute atomic E-state index is 0.0325. The number of imidazole rings is 1. The van der Waals surface area contributed by atoms with Gasteiger partial charge in [0.05, 0.1) is 27.4 Å². The van der Waals surface area contributed by atoms with E-state index in [0.717, 1.165) is 29.0 Å². The Bertz CT molecular complexity index is 1940. The molecule has 2 aromatic heterocycles. The number of amides is 2. The van der Waals surface area contributed by atoms with Crippen LogP contribution in [0.3, 0.4) is 0 Å². The van der Waals surface area contributed by atoms with E-state index in [1.807, 2.05) is 0 Å². The lowest BCUT2D eigenvalue weighted by Gasteiger charge is -2.36. The van der Waals surface area contributed by atoms with Crippen LogP contribution in [0.4, 0.5) is 5.82 Å². The number of phosphoric acid groups is 3. The van der Waals surface area contributed by atoms with Gasteiger partial charge in [0, 0.05) is 49.5 Å². The van der Waals surface area contributed by atoms with Crippen LogP contribution in [0.5, 0.6) is 0 Å². The number of hydrogen-bond acceptors (Lipinski definition) is 25. The Morgan fingerprint density at radius 1 is 1.10 bits per heavy atom.